The van der Waals surface area contributed by atoms with Crippen LogP contribution in [0.5, 0.6) is 0 Å². The standard InChI is InChI=1S/C61H42N2/c1-2-17-41(18-3-1)42-35-37-45(38-36-42)62(46-21-14-19-43(39-46)44-20-15-22-47(40-44)63-57-32-12-7-25-50(57)51-26-8-13-33-58(51)63)59-34-16-31-56-60(59)52-27-6-11-30-55(52)61(56)53-28-9-4-23-48(53)49-24-5-10-29-54(49)61/h1-40,56,60H/t56?,60-/m1/s1. The molecule has 2 nitrogen and oxygen atoms in total. The van der Waals surface area contributed by atoms with E-state index in [1.54, 1.807) is 0 Å². The van der Waals surface area contributed by atoms with Gasteiger partial charge in [-0.25, -0.2) is 0 Å². The molecule has 13 rings (SSSR count). The quantitative estimate of drug-likeness (QED) is 0.163. The van der Waals surface area contributed by atoms with E-state index in [1.165, 1.54) is 83.1 Å². The molecule has 9 aromatic carbocycles. The Kier molecular flexibility index (Phi) is 7.98. The van der Waals surface area contributed by atoms with Gasteiger partial charge >= 0.3 is 0 Å². The monoisotopic (exact) mass is 802 g/mol. The lowest BCUT2D eigenvalue weighted by molar-refractivity contribution is 0.451. The summed E-state index contributed by atoms with van der Waals surface area (Å²) < 4.78 is 2.41. The zero-order valence-corrected chi connectivity index (χ0v) is 34.6. The maximum absolute atomic E-state index is 2.54. The molecule has 0 aliphatic heterocycles. The summed E-state index contributed by atoms with van der Waals surface area (Å²) in [6.45, 7) is 0. The van der Waals surface area contributed by atoms with E-state index in [9.17, 15) is 0 Å². The number of para-hydroxylation sites is 2. The molecule has 3 aliphatic rings. The number of hydrogen-bond acceptors (Lipinski definition) is 1. The van der Waals surface area contributed by atoms with Crippen LogP contribution in [0.2, 0.25) is 0 Å². The number of nitrogens with zero attached hydrogens (tertiary/aromatic N) is 2. The fourth-order valence-corrected chi connectivity index (χ4v) is 11.6. The number of allylic oxidation sites excluding steroid dienone is 4. The Morgan fingerprint density at radius 1 is 0.413 bits per heavy atom. The van der Waals surface area contributed by atoms with Gasteiger partial charge in [0.05, 0.1) is 16.4 Å². The van der Waals surface area contributed by atoms with E-state index in [-0.39, 0.29) is 17.3 Å². The van der Waals surface area contributed by atoms with Crippen molar-refractivity contribution in [2.75, 3.05) is 4.90 Å². The number of rotatable bonds is 6. The molecular weight excluding hydrogens is 761 g/mol. The molecule has 1 spiro atoms. The molecule has 1 heterocycles. The van der Waals surface area contributed by atoms with Crippen LogP contribution < -0.4 is 4.90 Å². The van der Waals surface area contributed by atoms with Gasteiger partial charge in [0, 0.05) is 45.4 Å². The average molecular weight is 803 g/mol. The fraction of sp³-hybridized carbons (Fsp3) is 0.0492. The smallest absolute Gasteiger partial charge is 0.0541 e. The largest absolute Gasteiger partial charge is 0.314 e. The van der Waals surface area contributed by atoms with Crippen molar-refractivity contribution in [3.05, 3.63) is 271 Å². The molecule has 63 heavy (non-hydrogen) atoms. The molecule has 0 saturated carbocycles. The molecular formula is C61H42N2. The summed E-state index contributed by atoms with van der Waals surface area (Å²) >= 11 is 0. The predicted molar refractivity (Wildman–Crippen MR) is 262 cm³/mol. The van der Waals surface area contributed by atoms with Crippen molar-refractivity contribution >= 4 is 33.2 Å². The highest BCUT2D eigenvalue weighted by molar-refractivity contribution is 6.09. The third-order valence-corrected chi connectivity index (χ3v) is 14.1. The Balaban J connectivity index is 0.980. The van der Waals surface area contributed by atoms with Gasteiger partial charge in [-0.05, 0) is 110 Å². The van der Waals surface area contributed by atoms with Crippen molar-refractivity contribution in [2.24, 2.45) is 5.92 Å². The maximum atomic E-state index is 2.54. The number of hydrogen-bond donors (Lipinski definition) is 0. The summed E-state index contributed by atoms with van der Waals surface area (Å²) in [6.07, 6.45) is 7.21. The van der Waals surface area contributed by atoms with Gasteiger partial charge in [0.1, 0.15) is 0 Å². The zero-order valence-electron chi connectivity index (χ0n) is 34.6. The van der Waals surface area contributed by atoms with E-state index in [4.69, 9.17) is 0 Å². The van der Waals surface area contributed by atoms with Crippen LogP contribution in [0.3, 0.4) is 0 Å². The lowest BCUT2D eigenvalue weighted by Crippen LogP contribution is -2.35. The lowest BCUT2D eigenvalue weighted by atomic mass is 9.65. The molecule has 0 N–H and O–H groups in total. The van der Waals surface area contributed by atoms with Crippen molar-refractivity contribution in [1.29, 1.82) is 0 Å². The Hall–Kier alpha value is -7.94. The Morgan fingerprint density at radius 3 is 1.68 bits per heavy atom. The molecule has 0 radical (unpaired) electrons. The van der Waals surface area contributed by atoms with Gasteiger partial charge in [0.2, 0.25) is 0 Å². The minimum atomic E-state index is -0.317. The van der Waals surface area contributed by atoms with E-state index in [1.807, 2.05) is 0 Å². The first-order valence-corrected chi connectivity index (χ1v) is 22.1. The van der Waals surface area contributed by atoms with Crippen LogP contribution in [0.15, 0.2) is 248 Å². The van der Waals surface area contributed by atoms with Crippen LogP contribution in [-0.4, -0.2) is 4.57 Å². The molecule has 0 saturated heterocycles. The summed E-state index contributed by atoms with van der Waals surface area (Å²) in [7, 11) is 0. The summed E-state index contributed by atoms with van der Waals surface area (Å²) in [5.41, 5.74) is 19.9. The summed E-state index contributed by atoms with van der Waals surface area (Å²) in [5, 5.41) is 2.53. The topological polar surface area (TPSA) is 8.17 Å². The van der Waals surface area contributed by atoms with Crippen LogP contribution in [0, 0.1) is 5.92 Å². The van der Waals surface area contributed by atoms with Gasteiger partial charge in [0.15, 0.2) is 0 Å². The zero-order chi connectivity index (χ0) is 41.5. The lowest BCUT2D eigenvalue weighted by Gasteiger charge is -2.40. The van der Waals surface area contributed by atoms with Crippen LogP contribution in [0.25, 0.3) is 60.9 Å². The van der Waals surface area contributed by atoms with Gasteiger partial charge < -0.3 is 9.47 Å². The second-order valence-electron chi connectivity index (χ2n) is 17.2. The van der Waals surface area contributed by atoms with Crippen LogP contribution in [0.1, 0.15) is 28.2 Å². The highest BCUT2D eigenvalue weighted by atomic mass is 15.2. The molecule has 296 valence electrons. The SMILES string of the molecule is C1=CC2[C@H](C(N(c3ccc(-c4ccccc4)cc3)c3cccc(-c4cccc(-n5c6ccccc6c6ccccc65)c4)c3)=C1)c1ccccc1C21c2ccccc2-c2ccccc21. The third-order valence-electron chi connectivity index (χ3n) is 14.1. The summed E-state index contributed by atoms with van der Waals surface area (Å²) in [6, 6.07) is 83.1. The second-order valence-corrected chi connectivity index (χ2v) is 17.2. The molecule has 2 heteroatoms. The molecule has 0 bridgehead atoms. The molecule has 1 aromatic heterocycles. The third kappa shape index (κ3) is 5.25. The highest BCUT2D eigenvalue weighted by Crippen LogP contribution is 2.66. The molecule has 0 amide bonds. The fourth-order valence-electron chi connectivity index (χ4n) is 11.6. The molecule has 1 unspecified atom stereocenters. The molecule has 0 fully saturated rings. The van der Waals surface area contributed by atoms with Crippen molar-refractivity contribution in [1.82, 2.24) is 4.57 Å². The predicted octanol–water partition coefficient (Wildman–Crippen LogP) is 15.4. The van der Waals surface area contributed by atoms with Crippen molar-refractivity contribution in [2.45, 2.75) is 11.3 Å². The van der Waals surface area contributed by atoms with Crippen molar-refractivity contribution < 1.29 is 0 Å². The van der Waals surface area contributed by atoms with Crippen LogP contribution in [0.4, 0.5) is 11.4 Å². The molecule has 10 aromatic rings. The van der Waals surface area contributed by atoms with Gasteiger partial charge in [-0.3, -0.25) is 0 Å². The first kappa shape index (κ1) is 35.8. The number of fused-ring (bicyclic) bond motifs is 13. The first-order chi connectivity index (χ1) is 31.3. The van der Waals surface area contributed by atoms with E-state index in [2.05, 4.69) is 252 Å². The molecule has 2 atom stereocenters. The van der Waals surface area contributed by atoms with E-state index >= 15 is 0 Å². The van der Waals surface area contributed by atoms with E-state index in [0.29, 0.717) is 0 Å². The summed E-state index contributed by atoms with van der Waals surface area (Å²) in [4.78, 5) is 2.54. The van der Waals surface area contributed by atoms with Crippen LogP contribution >= 0.6 is 0 Å². The highest BCUT2D eigenvalue weighted by Gasteiger charge is 2.58. The normalized spacial score (nSPS) is 16.4. The Labute approximate surface area is 368 Å². The maximum Gasteiger partial charge on any atom is 0.0541 e. The van der Waals surface area contributed by atoms with Gasteiger partial charge in [-0.1, -0.05) is 188 Å². The second kappa shape index (κ2) is 14.1. The van der Waals surface area contributed by atoms with E-state index < -0.39 is 0 Å². The summed E-state index contributed by atoms with van der Waals surface area (Å²) in [5.74, 6) is 0.262. The van der Waals surface area contributed by atoms with Crippen molar-refractivity contribution in [3.8, 4) is 39.1 Å². The average Bonchev–Trinajstić information content (AvgIpc) is 3.97. The van der Waals surface area contributed by atoms with Gasteiger partial charge in [0.25, 0.3) is 0 Å². The minimum Gasteiger partial charge on any atom is -0.314 e. The van der Waals surface area contributed by atoms with Crippen molar-refractivity contribution in [3.63, 3.8) is 0 Å². The number of anilines is 2. The number of benzene rings is 9. The Bertz CT molecular complexity index is 3380. The Morgan fingerprint density at radius 2 is 0.968 bits per heavy atom. The minimum absolute atomic E-state index is 0.0986. The van der Waals surface area contributed by atoms with Crippen LogP contribution in [-0.2, 0) is 5.41 Å². The molecule has 3 aliphatic carbocycles. The number of aromatic nitrogens is 1. The van der Waals surface area contributed by atoms with Gasteiger partial charge in [-0.2, -0.15) is 0 Å². The van der Waals surface area contributed by atoms with E-state index in [0.717, 1.165) is 17.1 Å². The van der Waals surface area contributed by atoms with Gasteiger partial charge in [-0.15, -0.1) is 0 Å². The first-order valence-electron chi connectivity index (χ1n) is 22.1.